The smallest absolute Gasteiger partial charge is 0.0601 e. The summed E-state index contributed by atoms with van der Waals surface area (Å²) in [7, 11) is 0. The number of aliphatic hydroxyl groups is 1. The third-order valence-corrected chi connectivity index (χ3v) is 4.02. The lowest BCUT2D eigenvalue weighted by atomic mass is 9.88. The van der Waals surface area contributed by atoms with Crippen molar-refractivity contribution in [1.82, 2.24) is 0 Å². The third-order valence-electron chi connectivity index (χ3n) is 4.02. The molecule has 0 unspecified atom stereocenters. The van der Waals surface area contributed by atoms with E-state index in [2.05, 4.69) is 20.8 Å². The molecule has 1 N–H and O–H groups in total. The van der Waals surface area contributed by atoms with E-state index in [9.17, 15) is 5.11 Å². The van der Waals surface area contributed by atoms with Gasteiger partial charge in [-0.25, -0.2) is 0 Å². The summed E-state index contributed by atoms with van der Waals surface area (Å²) in [6, 6.07) is 0. The first-order valence-electron chi connectivity index (χ1n) is 4.73. The van der Waals surface area contributed by atoms with Crippen LogP contribution in [-0.2, 0) is 0 Å². The fourth-order valence-corrected chi connectivity index (χ4v) is 2.98. The molecule has 0 spiro atoms. The Labute approximate surface area is 68.8 Å². The molecular weight excluding hydrogens is 136 g/mol. The van der Waals surface area contributed by atoms with Crippen molar-refractivity contribution in [3.63, 3.8) is 0 Å². The van der Waals surface area contributed by atoms with Gasteiger partial charge in [0.05, 0.1) is 6.10 Å². The number of aliphatic hydroxyl groups excluding tert-OH is 1. The highest BCUT2D eigenvalue weighted by Gasteiger charge is 2.62. The minimum Gasteiger partial charge on any atom is -0.393 e. The molecule has 4 atom stereocenters. The fraction of sp³-hybridized carbons (Fsp3) is 1.00. The predicted molar refractivity (Wildman–Crippen MR) is 45.2 cm³/mol. The lowest BCUT2D eigenvalue weighted by molar-refractivity contribution is 0.0612. The molecule has 11 heavy (non-hydrogen) atoms. The molecule has 0 radical (unpaired) electrons. The molecule has 0 aromatic carbocycles. The lowest BCUT2D eigenvalue weighted by Crippen LogP contribution is -2.25. The van der Waals surface area contributed by atoms with Gasteiger partial charge >= 0.3 is 0 Å². The van der Waals surface area contributed by atoms with Gasteiger partial charge in [-0.05, 0) is 36.0 Å². The maximum Gasteiger partial charge on any atom is 0.0601 e. The Morgan fingerprint density at radius 1 is 1.27 bits per heavy atom. The van der Waals surface area contributed by atoms with Gasteiger partial charge in [0.25, 0.3) is 0 Å². The van der Waals surface area contributed by atoms with Crippen molar-refractivity contribution >= 4 is 0 Å². The van der Waals surface area contributed by atoms with Crippen molar-refractivity contribution in [2.24, 2.45) is 23.2 Å². The van der Waals surface area contributed by atoms with Gasteiger partial charge in [-0.3, -0.25) is 0 Å². The first kappa shape index (κ1) is 7.60. The zero-order valence-corrected chi connectivity index (χ0v) is 7.67. The molecule has 0 bridgehead atoms. The molecule has 2 aliphatic carbocycles. The summed E-state index contributed by atoms with van der Waals surface area (Å²) in [6.07, 6.45) is 2.56. The van der Waals surface area contributed by atoms with E-state index in [1.165, 1.54) is 12.8 Å². The first-order valence-corrected chi connectivity index (χ1v) is 4.73. The van der Waals surface area contributed by atoms with Crippen LogP contribution in [0.25, 0.3) is 0 Å². The van der Waals surface area contributed by atoms with Crippen molar-refractivity contribution < 1.29 is 5.11 Å². The summed E-state index contributed by atoms with van der Waals surface area (Å²) in [5, 5.41) is 9.82. The first-order chi connectivity index (χ1) is 5.05. The molecule has 1 heteroatoms. The van der Waals surface area contributed by atoms with Gasteiger partial charge in [-0.15, -0.1) is 0 Å². The number of fused-ring (bicyclic) bond motifs is 1. The normalized spacial score (nSPS) is 53.5. The van der Waals surface area contributed by atoms with Crippen LogP contribution in [0, 0.1) is 23.2 Å². The monoisotopic (exact) mass is 154 g/mol. The fourth-order valence-electron chi connectivity index (χ4n) is 2.98. The second-order valence-electron chi connectivity index (χ2n) is 5.00. The maximum atomic E-state index is 9.82. The molecule has 2 fully saturated rings. The van der Waals surface area contributed by atoms with Crippen LogP contribution in [0.15, 0.2) is 0 Å². The highest BCUT2D eigenvalue weighted by molar-refractivity contribution is 5.11. The minimum absolute atomic E-state index is 0.0104. The molecule has 0 aromatic rings. The second-order valence-corrected chi connectivity index (χ2v) is 5.00. The molecule has 0 amide bonds. The zero-order chi connectivity index (χ0) is 8.22. The van der Waals surface area contributed by atoms with E-state index in [0.29, 0.717) is 17.3 Å². The minimum atomic E-state index is -0.0104. The van der Waals surface area contributed by atoms with Crippen molar-refractivity contribution in [3.8, 4) is 0 Å². The van der Waals surface area contributed by atoms with Crippen LogP contribution in [0.4, 0.5) is 0 Å². The Hall–Kier alpha value is -0.0400. The Morgan fingerprint density at radius 3 is 2.45 bits per heavy atom. The average molecular weight is 154 g/mol. The van der Waals surface area contributed by atoms with Crippen molar-refractivity contribution in [3.05, 3.63) is 0 Å². The largest absolute Gasteiger partial charge is 0.393 e. The topological polar surface area (TPSA) is 20.2 Å². The van der Waals surface area contributed by atoms with Crippen molar-refractivity contribution in [2.75, 3.05) is 0 Å². The zero-order valence-electron chi connectivity index (χ0n) is 7.67. The highest BCUT2D eigenvalue weighted by Crippen LogP contribution is 2.65. The molecular formula is C10H18O. The highest BCUT2D eigenvalue weighted by atomic mass is 16.3. The third kappa shape index (κ3) is 0.868. The maximum absolute atomic E-state index is 9.82. The quantitative estimate of drug-likeness (QED) is 0.566. The van der Waals surface area contributed by atoms with Gasteiger partial charge in [0.1, 0.15) is 0 Å². The summed E-state index contributed by atoms with van der Waals surface area (Å²) in [6.45, 7) is 6.77. The molecule has 2 rings (SSSR count). The van der Waals surface area contributed by atoms with Gasteiger partial charge < -0.3 is 5.11 Å². The molecule has 64 valence electrons. The average Bonchev–Trinajstić information content (AvgIpc) is 2.46. The van der Waals surface area contributed by atoms with E-state index < -0.39 is 0 Å². The van der Waals surface area contributed by atoms with Gasteiger partial charge in [0.15, 0.2) is 0 Å². The number of hydrogen-bond acceptors (Lipinski definition) is 1. The number of hydrogen-bond donors (Lipinski definition) is 1. The van der Waals surface area contributed by atoms with Crippen LogP contribution in [0.1, 0.15) is 33.6 Å². The summed E-state index contributed by atoms with van der Waals surface area (Å²) in [5.41, 5.74) is 0.449. The van der Waals surface area contributed by atoms with E-state index in [-0.39, 0.29) is 6.10 Å². The Kier molecular flexibility index (Phi) is 1.39. The van der Waals surface area contributed by atoms with Gasteiger partial charge in [0.2, 0.25) is 0 Å². The summed E-state index contributed by atoms with van der Waals surface area (Å²) < 4.78 is 0. The van der Waals surface area contributed by atoms with E-state index in [1.54, 1.807) is 0 Å². The van der Waals surface area contributed by atoms with Crippen LogP contribution >= 0.6 is 0 Å². The Morgan fingerprint density at radius 2 is 1.91 bits per heavy atom. The lowest BCUT2D eigenvalue weighted by Gasteiger charge is -2.23. The molecule has 0 aliphatic heterocycles. The van der Waals surface area contributed by atoms with E-state index in [4.69, 9.17) is 0 Å². The molecule has 2 aliphatic rings. The molecule has 0 saturated heterocycles. The number of rotatable bonds is 0. The molecule has 0 aromatic heterocycles. The SMILES string of the molecule is C[C@@H]1CC[C@H]2[C@@H]([C@H]1O)C2(C)C. The predicted octanol–water partition coefficient (Wildman–Crippen LogP) is 2.05. The molecule has 2 saturated carbocycles. The standard InChI is InChI=1S/C10H18O/c1-6-4-5-7-8(9(6)11)10(7,2)3/h6-9,11H,4-5H2,1-3H3/t6-,7+,8+,9+/m1/s1. The van der Waals surface area contributed by atoms with Crippen LogP contribution in [0.5, 0.6) is 0 Å². The van der Waals surface area contributed by atoms with Crippen LogP contribution in [0.3, 0.4) is 0 Å². The Balaban J connectivity index is 2.12. The van der Waals surface area contributed by atoms with E-state index >= 15 is 0 Å². The second kappa shape index (κ2) is 2.01. The van der Waals surface area contributed by atoms with E-state index in [1.807, 2.05) is 0 Å². The van der Waals surface area contributed by atoms with Crippen LogP contribution < -0.4 is 0 Å². The van der Waals surface area contributed by atoms with Gasteiger partial charge in [-0.1, -0.05) is 20.8 Å². The molecule has 0 heterocycles. The Bertz CT molecular complexity index is 174. The van der Waals surface area contributed by atoms with E-state index in [0.717, 1.165) is 5.92 Å². The van der Waals surface area contributed by atoms with Crippen LogP contribution in [0.2, 0.25) is 0 Å². The van der Waals surface area contributed by atoms with Crippen molar-refractivity contribution in [1.29, 1.82) is 0 Å². The summed E-state index contributed by atoms with van der Waals surface area (Å²) in [5.74, 6) is 1.98. The summed E-state index contributed by atoms with van der Waals surface area (Å²) >= 11 is 0. The van der Waals surface area contributed by atoms with Crippen LogP contribution in [-0.4, -0.2) is 11.2 Å². The van der Waals surface area contributed by atoms with Gasteiger partial charge in [-0.2, -0.15) is 0 Å². The summed E-state index contributed by atoms with van der Waals surface area (Å²) in [4.78, 5) is 0. The van der Waals surface area contributed by atoms with Crippen molar-refractivity contribution in [2.45, 2.75) is 39.7 Å². The molecule has 1 nitrogen and oxygen atoms in total. The van der Waals surface area contributed by atoms with Gasteiger partial charge in [0, 0.05) is 0 Å².